The second kappa shape index (κ2) is 6.58. The second-order valence-electron chi connectivity index (χ2n) is 5.36. The highest BCUT2D eigenvalue weighted by Gasteiger charge is 2.15. The third-order valence-corrected chi connectivity index (χ3v) is 3.90. The number of carbonyl (C=O) groups excluding carboxylic acids is 1. The summed E-state index contributed by atoms with van der Waals surface area (Å²) < 4.78 is 11.8. The number of para-hydroxylation sites is 1. The van der Waals surface area contributed by atoms with Crippen LogP contribution in [-0.2, 0) is 11.3 Å². The van der Waals surface area contributed by atoms with Crippen LogP contribution in [0.15, 0.2) is 59.5 Å². The molecule has 5 nitrogen and oxygen atoms in total. The molecule has 0 unspecified atom stereocenters. The minimum Gasteiger partial charge on any atom is -0.497 e. The van der Waals surface area contributed by atoms with Crippen molar-refractivity contribution in [1.29, 1.82) is 0 Å². The van der Waals surface area contributed by atoms with Gasteiger partial charge in [-0.05, 0) is 29.8 Å². The van der Waals surface area contributed by atoms with Crippen LogP contribution in [0.2, 0.25) is 0 Å². The van der Waals surface area contributed by atoms with E-state index in [9.17, 15) is 9.59 Å². The van der Waals surface area contributed by atoms with Gasteiger partial charge in [-0.3, -0.25) is 4.79 Å². The van der Waals surface area contributed by atoms with Crippen molar-refractivity contribution in [3.63, 3.8) is 0 Å². The molecule has 0 aliphatic rings. The van der Waals surface area contributed by atoms with E-state index < -0.39 is 5.97 Å². The van der Waals surface area contributed by atoms with Crippen LogP contribution >= 0.6 is 0 Å². The van der Waals surface area contributed by atoms with Crippen LogP contribution < -0.4 is 10.2 Å². The Morgan fingerprint density at radius 1 is 1.04 bits per heavy atom. The fourth-order valence-corrected chi connectivity index (χ4v) is 2.66. The number of benzene rings is 2. The lowest BCUT2D eigenvalue weighted by Gasteiger charge is -2.13. The molecule has 0 aliphatic heterocycles. The maximum Gasteiger partial charge on any atom is 0.343 e. The van der Waals surface area contributed by atoms with Crippen molar-refractivity contribution in [2.24, 2.45) is 0 Å². The zero-order valence-corrected chi connectivity index (χ0v) is 13.5. The monoisotopic (exact) mass is 323 g/mol. The van der Waals surface area contributed by atoms with Crippen LogP contribution in [0.5, 0.6) is 5.75 Å². The van der Waals surface area contributed by atoms with Gasteiger partial charge < -0.3 is 14.0 Å². The maximum atomic E-state index is 12.5. The van der Waals surface area contributed by atoms with Gasteiger partial charge in [-0.15, -0.1) is 0 Å². The molecule has 1 heterocycles. The molecule has 24 heavy (non-hydrogen) atoms. The maximum absolute atomic E-state index is 12.5. The first-order chi connectivity index (χ1) is 11.6. The minimum atomic E-state index is -0.630. The Kier molecular flexibility index (Phi) is 4.33. The number of nitrogens with zero attached hydrogens (tertiary/aromatic N) is 1. The van der Waals surface area contributed by atoms with Gasteiger partial charge in [0.05, 0.1) is 19.7 Å². The topological polar surface area (TPSA) is 57.5 Å². The van der Waals surface area contributed by atoms with Gasteiger partial charge in [0.2, 0.25) is 5.43 Å². The number of ether oxygens (including phenoxy) is 2. The predicted octanol–water partition coefficient (Wildman–Crippen LogP) is 2.85. The molecule has 2 aromatic carbocycles. The quantitative estimate of drug-likeness (QED) is 0.693. The Bertz CT molecular complexity index is 942. The fraction of sp³-hybridized carbons (Fsp3) is 0.158. The molecule has 0 amide bonds. The Balaban J connectivity index is 2.13. The summed E-state index contributed by atoms with van der Waals surface area (Å²) >= 11 is 0. The first-order valence-corrected chi connectivity index (χ1v) is 7.47. The number of hydrogen-bond acceptors (Lipinski definition) is 4. The third-order valence-electron chi connectivity index (χ3n) is 3.90. The van der Waals surface area contributed by atoms with E-state index >= 15 is 0 Å². The number of fused-ring (bicyclic) bond motifs is 1. The standard InChI is InChI=1S/C19H17NO4/c1-23-14-9-7-13(8-10-14)11-20-12-16(19(22)24-2)18(21)15-5-3-4-6-17(15)20/h3-10,12H,11H2,1-2H3. The summed E-state index contributed by atoms with van der Waals surface area (Å²) in [5.74, 6) is 0.146. The summed E-state index contributed by atoms with van der Waals surface area (Å²) in [5.41, 5.74) is 1.51. The van der Waals surface area contributed by atoms with Crippen molar-refractivity contribution >= 4 is 16.9 Å². The molecule has 0 radical (unpaired) electrons. The second-order valence-corrected chi connectivity index (χ2v) is 5.36. The van der Waals surface area contributed by atoms with Gasteiger partial charge in [-0.2, -0.15) is 0 Å². The smallest absolute Gasteiger partial charge is 0.343 e. The normalized spacial score (nSPS) is 10.6. The number of esters is 1. The van der Waals surface area contributed by atoms with Gasteiger partial charge in [-0.25, -0.2) is 4.79 Å². The molecule has 0 saturated carbocycles. The lowest BCUT2D eigenvalue weighted by Crippen LogP contribution is -2.20. The Morgan fingerprint density at radius 3 is 2.42 bits per heavy atom. The van der Waals surface area contributed by atoms with Crippen molar-refractivity contribution in [3.05, 3.63) is 76.1 Å². The molecule has 3 aromatic rings. The molecule has 0 bridgehead atoms. The minimum absolute atomic E-state index is 0.0321. The molecule has 0 spiro atoms. The van der Waals surface area contributed by atoms with Crippen molar-refractivity contribution in [2.45, 2.75) is 6.54 Å². The lowest BCUT2D eigenvalue weighted by atomic mass is 10.1. The molecule has 0 saturated heterocycles. The molecular weight excluding hydrogens is 306 g/mol. The summed E-state index contributed by atoms with van der Waals surface area (Å²) in [5, 5.41) is 0.494. The zero-order chi connectivity index (χ0) is 17.1. The molecule has 122 valence electrons. The number of rotatable bonds is 4. The Labute approximate surface area is 139 Å². The first kappa shape index (κ1) is 15.8. The van der Waals surface area contributed by atoms with Gasteiger partial charge >= 0.3 is 5.97 Å². The zero-order valence-electron chi connectivity index (χ0n) is 13.5. The van der Waals surface area contributed by atoms with Crippen LogP contribution in [0.3, 0.4) is 0 Å². The Hall–Kier alpha value is -3.08. The van der Waals surface area contributed by atoms with E-state index in [1.165, 1.54) is 7.11 Å². The fourth-order valence-electron chi connectivity index (χ4n) is 2.66. The highest BCUT2D eigenvalue weighted by molar-refractivity contribution is 5.93. The first-order valence-electron chi connectivity index (χ1n) is 7.47. The summed E-state index contributed by atoms with van der Waals surface area (Å²) in [6, 6.07) is 14.9. The number of hydrogen-bond donors (Lipinski definition) is 0. The van der Waals surface area contributed by atoms with Gasteiger partial charge in [-0.1, -0.05) is 24.3 Å². The van der Waals surface area contributed by atoms with Crippen LogP contribution in [-0.4, -0.2) is 24.8 Å². The highest BCUT2D eigenvalue weighted by atomic mass is 16.5. The van der Waals surface area contributed by atoms with E-state index in [0.717, 1.165) is 16.8 Å². The molecule has 0 atom stereocenters. The predicted molar refractivity (Wildman–Crippen MR) is 91.6 cm³/mol. The van der Waals surface area contributed by atoms with Crippen molar-refractivity contribution in [2.75, 3.05) is 14.2 Å². The van der Waals surface area contributed by atoms with Crippen molar-refractivity contribution in [1.82, 2.24) is 4.57 Å². The number of carbonyl (C=O) groups is 1. The van der Waals surface area contributed by atoms with E-state index in [4.69, 9.17) is 9.47 Å². The van der Waals surface area contributed by atoms with Crippen LogP contribution in [0.25, 0.3) is 10.9 Å². The van der Waals surface area contributed by atoms with Gasteiger partial charge in [0.25, 0.3) is 0 Å². The highest BCUT2D eigenvalue weighted by Crippen LogP contribution is 2.16. The van der Waals surface area contributed by atoms with Gasteiger partial charge in [0, 0.05) is 18.1 Å². The molecule has 1 aromatic heterocycles. The van der Waals surface area contributed by atoms with E-state index in [1.807, 2.05) is 41.0 Å². The van der Waals surface area contributed by atoms with E-state index in [-0.39, 0.29) is 11.0 Å². The molecule has 0 N–H and O–H groups in total. The average molecular weight is 323 g/mol. The summed E-state index contributed by atoms with van der Waals surface area (Å²) in [7, 11) is 2.89. The van der Waals surface area contributed by atoms with E-state index in [0.29, 0.717) is 11.9 Å². The van der Waals surface area contributed by atoms with Crippen molar-refractivity contribution < 1.29 is 14.3 Å². The molecule has 0 fully saturated rings. The third kappa shape index (κ3) is 2.88. The summed E-state index contributed by atoms with van der Waals surface area (Å²) in [4.78, 5) is 24.4. The SMILES string of the molecule is COC(=O)c1cn(Cc2ccc(OC)cc2)c2ccccc2c1=O. The molecule has 3 rings (SSSR count). The average Bonchev–Trinajstić information content (AvgIpc) is 2.64. The van der Waals surface area contributed by atoms with Gasteiger partial charge in [0.15, 0.2) is 0 Å². The summed E-state index contributed by atoms with van der Waals surface area (Å²) in [6.45, 7) is 0.523. The molecular formula is C19H17NO4. The number of aromatic nitrogens is 1. The lowest BCUT2D eigenvalue weighted by molar-refractivity contribution is 0.0598. The van der Waals surface area contributed by atoms with E-state index in [2.05, 4.69) is 0 Å². The van der Waals surface area contributed by atoms with Crippen molar-refractivity contribution in [3.8, 4) is 5.75 Å². The number of methoxy groups -OCH3 is 2. The van der Waals surface area contributed by atoms with Crippen LogP contribution in [0.4, 0.5) is 0 Å². The largest absolute Gasteiger partial charge is 0.497 e. The van der Waals surface area contributed by atoms with Crippen LogP contribution in [0.1, 0.15) is 15.9 Å². The molecule has 5 heteroatoms. The van der Waals surface area contributed by atoms with Crippen LogP contribution in [0, 0.1) is 0 Å². The van der Waals surface area contributed by atoms with E-state index in [1.54, 1.807) is 25.4 Å². The van der Waals surface area contributed by atoms with Gasteiger partial charge in [0.1, 0.15) is 11.3 Å². The molecule has 0 aliphatic carbocycles. The summed E-state index contributed by atoms with van der Waals surface area (Å²) in [6.07, 6.45) is 1.56. The Morgan fingerprint density at radius 2 is 1.75 bits per heavy atom. The number of pyridine rings is 1.